The van der Waals surface area contributed by atoms with E-state index in [1.807, 2.05) is 18.2 Å². The van der Waals surface area contributed by atoms with Crippen LogP contribution in [0, 0.1) is 5.82 Å². The Bertz CT molecular complexity index is 472. The third-order valence-electron chi connectivity index (χ3n) is 4.29. The fraction of sp³-hybridized carbons (Fsp3) is 0.556. The van der Waals surface area contributed by atoms with Crippen molar-refractivity contribution in [3.05, 3.63) is 42.2 Å². The molecule has 1 aromatic rings. The SMILES string of the molecule is C=CCCCC[C@@H](c1ccc(OC)cc1F)N1CCNCC1. The van der Waals surface area contributed by atoms with Gasteiger partial charge >= 0.3 is 0 Å². The zero-order valence-electron chi connectivity index (χ0n) is 13.5. The number of unbranched alkanes of at least 4 members (excludes halogenated alkanes) is 2. The molecule has 2 rings (SSSR count). The van der Waals surface area contributed by atoms with Crippen LogP contribution in [0.25, 0.3) is 0 Å². The first kappa shape index (κ1) is 17.0. The van der Waals surface area contributed by atoms with Crippen molar-refractivity contribution in [2.75, 3.05) is 33.3 Å². The molecule has 1 aliphatic heterocycles. The number of hydrogen-bond donors (Lipinski definition) is 1. The van der Waals surface area contributed by atoms with Crippen molar-refractivity contribution < 1.29 is 9.13 Å². The van der Waals surface area contributed by atoms with E-state index in [1.165, 1.54) is 6.07 Å². The number of benzene rings is 1. The van der Waals surface area contributed by atoms with Crippen LogP contribution in [0.3, 0.4) is 0 Å². The molecule has 1 aliphatic rings. The van der Waals surface area contributed by atoms with Crippen LogP contribution in [0.1, 0.15) is 37.3 Å². The lowest BCUT2D eigenvalue weighted by molar-refractivity contribution is 0.159. The summed E-state index contributed by atoms with van der Waals surface area (Å²) in [5.41, 5.74) is 0.793. The zero-order valence-corrected chi connectivity index (χ0v) is 13.5. The lowest BCUT2D eigenvalue weighted by atomic mass is 9.97. The van der Waals surface area contributed by atoms with Crippen molar-refractivity contribution in [1.29, 1.82) is 0 Å². The molecule has 1 aromatic carbocycles. The van der Waals surface area contributed by atoms with Crippen LogP contribution in [-0.4, -0.2) is 38.2 Å². The number of hydrogen-bond acceptors (Lipinski definition) is 3. The normalized spacial score (nSPS) is 17.2. The Hall–Kier alpha value is -1.39. The largest absolute Gasteiger partial charge is 0.497 e. The van der Waals surface area contributed by atoms with Gasteiger partial charge < -0.3 is 10.1 Å². The van der Waals surface area contributed by atoms with Crippen molar-refractivity contribution in [3.8, 4) is 5.75 Å². The second-order valence-corrected chi connectivity index (χ2v) is 5.76. The number of nitrogens with zero attached hydrogens (tertiary/aromatic N) is 1. The molecule has 1 atom stereocenters. The highest BCUT2D eigenvalue weighted by atomic mass is 19.1. The lowest BCUT2D eigenvalue weighted by Gasteiger charge is -2.35. The predicted molar refractivity (Wildman–Crippen MR) is 88.8 cm³/mol. The van der Waals surface area contributed by atoms with Gasteiger partial charge in [0.1, 0.15) is 11.6 Å². The van der Waals surface area contributed by atoms with E-state index in [0.717, 1.165) is 57.4 Å². The Kier molecular flexibility index (Phi) is 6.87. The summed E-state index contributed by atoms with van der Waals surface area (Å²) in [6, 6.07) is 5.39. The molecular weight excluding hydrogens is 279 g/mol. The smallest absolute Gasteiger partial charge is 0.131 e. The highest BCUT2D eigenvalue weighted by molar-refractivity contribution is 5.31. The fourth-order valence-electron chi connectivity index (χ4n) is 3.06. The van der Waals surface area contributed by atoms with Crippen molar-refractivity contribution in [2.45, 2.75) is 31.7 Å². The maximum atomic E-state index is 14.5. The molecule has 0 amide bonds. The molecule has 122 valence electrons. The molecule has 1 N–H and O–H groups in total. The van der Waals surface area contributed by atoms with Crippen LogP contribution in [0.15, 0.2) is 30.9 Å². The van der Waals surface area contributed by atoms with E-state index in [0.29, 0.717) is 5.75 Å². The van der Waals surface area contributed by atoms with Gasteiger partial charge in [-0.1, -0.05) is 18.6 Å². The van der Waals surface area contributed by atoms with E-state index in [2.05, 4.69) is 16.8 Å². The van der Waals surface area contributed by atoms with Crippen molar-refractivity contribution in [3.63, 3.8) is 0 Å². The van der Waals surface area contributed by atoms with Crippen LogP contribution < -0.4 is 10.1 Å². The van der Waals surface area contributed by atoms with Crippen LogP contribution in [0.5, 0.6) is 5.75 Å². The number of allylic oxidation sites excluding steroid dienone is 1. The summed E-state index contributed by atoms with van der Waals surface area (Å²) in [5.74, 6) is 0.415. The molecule has 0 saturated carbocycles. The second kappa shape index (κ2) is 8.91. The maximum Gasteiger partial charge on any atom is 0.131 e. The van der Waals surface area contributed by atoms with Gasteiger partial charge in [-0.05, 0) is 25.3 Å². The molecule has 4 heteroatoms. The Morgan fingerprint density at radius 2 is 2.14 bits per heavy atom. The minimum absolute atomic E-state index is 0.151. The average Bonchev–Trinajstić information content (AvgIpc) is 2.56. The summed E-state index contributed by atoms with van der Waals surface area (Å²) >= 11 is 0. The highest BCUT2D eigenvalue weighted by Crippen LogP contribution is 2.30. The van der Waals surface area contributed by atoms with Gasteiger partial charge in [0.15, 0.2) is 0 Å². The summed E-state index contributed by atoms with van der Waals surface area (Å²) in [7, 11) is 1.57. The molecule has 3 nitrogen and oxygen atoms in total. The molecule has 0 aliphatic carbocycles. The van der Waals surface area contributed by atoms with Gasteiger partial charge in [0.2, 0.25) is 0 Å². The standard InChI is InChI=1S/C18H27FN2O/c1-3-4-5-6-7-18(21-12-10-20-11-13-21)16-9-8-15(22-2)14-17(16)19/h3,8-9,14,18,20H,1,4-7,10-13H2,2H3/t18-/m0/s1. The third-order valence-corrected chi connectivity index (χ3v) is 4.29. The van der Waals surface area contributed by atoms with Gasteiger partial charge in [-0.2, -0.15) is 0 Å². The number of piperazine rings is 1. The average molecular weight is 306 g/mol. The van der Waals surface area contributed by atoms with E-state index in [-0.39, 0.29) is 11.9 Å². The third kappa shape index (κ3) is 4.55. The monoisotopic (exact) mass is 306 g/mol. The molecule has 1 saturated heterocycles. The van der Waals surface area contributed by atoms with E-state index in [9.17, 15) is 4.39 Å². The van der Waals surface area contributed by atoms with Gasteiger partial charge in [0.25, 0.3) is 0 Å². The molecule has 22 heavy (non-hydrogen) atoms. The molecule has 0 bridgehead atoms. The van der Waals surface area contributed by atoms with Crippen LogP contribution in [-0.2, 0) is 0 Å². The predicted octanol–water partition coefficient (Wildman–Crippen LogP) is 3.53. The van der Waals surface area contributed by atoms with E-state index >= 15 is 0 Å². The van der Waals surface area contributed by atoms with Crippen LogP contribution in [0.2, 0.25) is 0 Å². The molecule has 0 radical (unpaired) electrons. The molecule has 0 unspecified atom stereocenters. The molecular formula is C18H27FN2O. The van der Waals surface area contributed by atoms with Crippen molar-refractivity contribution >= 4 is 0 Å². The summed E-state index contributed by atoms with van der Waals surface area (Å²) in [5, 5.41) is 3.36. The Balaban J connectivity index is 2.12. The van der Waals surface area contributed by atoms with Gasteiger partial charge in [-0.15, -0.1) is 6.58 Å². The molecule has 1 fully saturated rings. The zero-order chi connectivity index (χ0) is 15.8. The highest BCUT2D eigenvalue weighted by Gasteiger charge is 2.24. The quantitative estimate of drug-likeness (QED) is 0.587. The Morgan fingerprint density at radius 3 is 2.77 bits per heavy atom. The Labute approximate surface area is 133 Å². The summed E-state index contributed by atoms with van der Waals surface area (Å²) in [4.78, 5) is 2.40. The van der Waals surface area contributed by atoms with Crippen LogP contribution >= 0.6 is 0 Å². The molecule has 0 spiro atoms. The first-order valence-electron chi connectivity index (χ1n) is 8.15. The number of ether oxygens (including phenoxy) is 1. The topological polar surface area (TPSA) is 24.5 Å². The van der Waals surface area contributed by atoms with E-state index in [1.54, 1.807) is 7.11 Å². The molecule has 0 aromatic heterocycles. The lowest BCUT2D eigenvalue weighted by Crippen LogP contribution is -2.45. The first-order valence-corrected chi connectivity index (χ1v) is 8.15. The van der Waals surface area contributed by atoms with Gasteiger partial charge in [-0.25, -0.2) is 4.39 Å². The van der Waals surface area contributed by atoms with Crippen molar-refractivity contribution in [2.24, 2.45) is 0 Å². The number of rotatable bonds is 8. The minimum Gasteiger partial charge on any atom is -0.497 e. The van der Waals surface area contributed by atoms with Gasteiger partial charge in [0, 0.05) is 43.9 Å². The summed E-state index contributed by atoms with van der Waals surface area (Å²) in [6.45, 7) is 7.65. The van der Waals surface area contributed by atoms with Crippen LogP contribution in [0.4, 0.5) is 4.39 Å². The number of halogens is 1. The first-order chi connectivity index (χ1) is 10.8. The van der Waals surface area contributed by atoms with E-state index < -0.39 is 0 Å². The number of methoxy groups -OCH3 is 1. The van der Waals surface area contributed by atoms with Gasteiger partial charge in [-0.3, -0.25) is 4.90 Å². The van der Waals surface area contributed by atoms with Crippen molar-refractivity contribution in [1.82, 2.24) is 10.2 Å². The Morgan fingerprint density at radius 1 is 1.36 bits per heavy atom. The maximum absolute atomic E-state index is 14.5. The fourth-order valence-corrected chi connectivity index (χ4v) is 3.06. The molecule has 1 heterocycles. The summed E-state index contributed by atoms with van der Waals surface area (Å²) in [6.07, 6.45) is 6.17. The summed E-state index contributed by atoms with van der Waals surface area (Å²) < 4.78 is 19.6. The minimum atomic E-state index is -0.161. The van der Waals surface area contributed by atoms with E-state index in [4.69, 9.17) is 4.74 Å². The second-order valence-electron chi connectivity index (χ2n) is 5.76. The van der Waals surface area contributed by atoms with Gasteiger partial charge in [0.05, 0.1) is 7.11 Å². The number of nitrogens with one attached hydrogen (secondary N) is 1.